The van der Waals surface area contributed by atoms with Crippen molar-refractivity contribution in [2.24, 2.45) is 4.99 Å². The van der Waals surface area contributed by atoms with Crippen molar-refractivity contribution in [2.45, 2.75) is 0 Å². The standard InChI is InChI=1S/C12H6N2O/c15-7-11-12-9(5-6-13-11)8-3-1-2-4-10(8)14-12/h1-6H. The lowest BCUT2D eigenvalue weighted by Crippen LogP contribution is -2.29. The van der Waals surface area contributed by atoms with Crippen molar-refractivity contribution in [1.29, 1.82) is 0 Å². The summed E-state index contributed by atoms with van der Waals surface area (Å²) in [6.07, 6.45) is 1.61. The number of pyridine rings is 1. The van der Waals surface area contributed by atoms with Gasteiger partial charge >= 0.3 is 0 Å². The number of benzene rings is 1. The third-order valence-electron chi connectivity index (χ3n) is 2.45. The summed E-state index contributed by atoms with van der Waals surface area (Å²) in [7, 11) is 0. The monoisotopic (exact) mass is 194 g/mol. The van der Waals surface area contributed by atoms with Crippen molar-refractivity contribution in [1.82, 2.24) is 4.98 Å². The Kier molecular flexibility index (Phi) is 1.55. The third-order valence-corrected chi connectivity index (χ3v) is 2.45. The van der Waals surface area contributed by atoms with Crippen LogP contribution >= 0.6 is 0 Å². The van der Waals surface area contributed by atoms with E-state index in [9.17, 15) is 4.79 Å². The fourth-order valence-electron chi connectivity index (χ4n) is 1.78. The van der Waals surface area contributed by atoms with Gasteiger partial charge in [0, 0.05) is 17.3 Å². The molecule has 0 amide bonds. The number of fused-ring (bicyclic) bond motifs is 3. The van der Waals surface area contributed by atoms with E-state index in [-0.39, 0.29) is 5.35 Å². The van der Waals surface area contributed by atoms with Crippen molar-refractivity contribution in [3.63, 3.8) is 0 Å². The predicted molar refractivity (Wildman–Crippen MR) is 54.9 cm³/mol. The number of nitrogens with zero attached hydrogens (tertiary/aromatic N) is 2. The van der Waals surface area contributed by atoms with Crippen molar-refractivity contribution >= 4 is 11.6 Å². The Morgan fingerprint density at radius 3 is 2.80 bits per heavy atom. The molecule has 70 valence electrons. The molecule has 0 atom stereocenters. The smallest absolute Gasteiger partial charge is 0.173 e. The minimum absolute atomic E-state index is 0.281. The van der Waals surface area contributed by atoms with Gasteiger partial charge < -0.3 is 0 Å². The molecule has 1 aliphatic rings. The first-order valence-electron chi connectivity index (χ1n) is 4.58. The summed E-state index contributed by atoms with van der Waals surface area (Å²) >= 11 is 0. The highest BCUT2D eigenvalue weighted by Crippen LogP contribution is 2.30. The Hall–Kier alpha value is -2.25. The van der Waals surface area contributed by atoms with Gasteiger partial charge in [0.1, 0.15) is 5.36 Å². The molecule has 0 aliphatic carbocycles. The largest absolute Gasteiger partial charge is 0.245 e. The van der Waals surface area contributed by atoms with E-state index >= 15 is 0 Å². The molecule has 0 bridgehead atoms. The van der Waals surface area contributed by atoms with E-state index in [0.29, 0.717) is 5.36 Å². The highest BCUT2D eigenvalue weighted by Gasteiger charge is 2.13. The number of aromatic nitrogens is 1. The summed E-state index contributed by atoms with van der Waals surface area (Å²) < 4.78 is 0. The van der Waals surface area contributed by atoms with Crippen LogP contribution < -0.4 is 10.7 Å². The van der Waals surface area contributed by atoms with Gasteiger partial charge in [-0.25, -0.2) is 14.8 Å². The summed E-state index contributed by atoms with van der Waals surface area (Å²) in [6, 6.07) is 9.65. The lowest BCUT2D eigenvalue weighted by atomic mass is 10.1. The van der Waals surface area contributed by atoms with Gasteiger partial charge in [0.25, 0.3) is 0 Å². The maximum Gasteiger partial charge on any atom is 0.173 e. The van der Waals surface area contributed by atoms with Crippen molar-refractivity contribution in [3.8, 4) is 11.1 Å². The van der Waals surface area contributed by atoms with Crippen LogP contribution in [0.1, 0.15) is 0 Å². The van der Waals surface area contributed by atoms with Gasteiger partial charge in [-0.05, 0) is 12.1 Å². The van der Waals surface area contributed by atoms with Gasteiger partial charge in [-0.1, -0.05) is 18.2 Å². The van der Waals surface area contributed by atoms with E-state index in [1.165, 1.54) is 0 Å². The van der Waals surface area contributed by atoms with E-state index in [4.69, 9.17) is 0 Å². The molecule has 3 heteroatoms. The molecule has 2 heterocycles. The van der Waals surface area contributed by atoms with E-state index < -0.39 is 0 Å². The van der Waals surface area contributed by atoms with Crippen LogP contribution in [0.15, 0.2) is 41.5 Å². The Labute approximate surface area is 85.4 Å². The fraction of sp³-hybridized carbons (Fsp3) is 0. The maximum atomic E-state index is 10.7. The lowest BCUT2D eigenvalue weighted by Gasteiger charge is -1.96. The maximum absolute atomic E-state index is 10.7. The first kappa shape index (κ1) is 8.09. The Morgan fingerprint density at radius 2 is 1.93 bits per heavy atom. The minimum atomic E-state index is 0.281. The normalized spacial score (nSPS) is 11.2. The molecule has 2 aromatic rings. The number of para-hydroxylation sites is 1. The quantitative estimate of drug-likeness (QED) is 0.523. The number of hydrogen-bond donors (Lipinski definition) is 0. The molecule has 0 N–H and O–H groups in total. The van der Waals surface area contributed by atoms with E-state index in [2.05, 4.69) is 9.98 Å². The molecule has 0 spiro atoms. The molecule has 3 rings (SSSR count). The van der Waals surface area contributed by atoms with Crippen molar-refractivity contribution in [3.05, 3.63) is 47.2 Å². The molecule has 0 saturated carbocycles. The van der Waals surface area contributed by atoms with E-state index in [0.717, 1.165) is 16.8 Å². The molecule has 1 aromatic carbocycles. The molecule has 0 saturated heterocycles. The summed E-state index contributed by atoms with van der Waals surface area (Å²) in [5.74, 6) is 1.81. The highest BCUT2D eigenvalue weighted by atomic mass is 16.1. The van der Waals surface area contributed by atoms with Crippen LogP contribution in [0.4, 0.5) is 5.69 Å². The lowest BCUT2D eigenvalue weighted by molar-refractivity contribution is 0.566. The average Bonchev–Trinajstić information content (AvgIpc) is 2.67. The van der Waals surface area contributed by atoms with Crippen LogP contribution in [0.25, 0.3) is 11.1 Å². The van der Waals surface area contributed by atoms with E-state index in [1.54, 1.807) is 6.20 Å². The second-order valence-electron chi connectivity index (χ2n) is 3.29. The topological polar surface area (TPSA) is 42.3 Å². The van der Waals surface area contributed by atoms with Gasteiger partial charge in [-0.2, -0.15) is 0 Å². The van der Waals surface area contributed by atoms with Gasteiger partial charge in [-0.15, -0.1) is 0 Å². The molecule has 3 nitrogen and oxygen atoms in total. The predicted octanol–water partition coefficient (Wildman–Crippen LogP) is 0.516. The average molecular weight is 194 g/mol. The fourth-order valence-corrected chi connectivity index (χ4v) is 1.78. The molecule has 0 unspecified atom stereocenters. The number of hydrogen-bond acceptors (Lipinski definition) is 3. The van der Waals surface area contributed by atoms with Gasteiger partial charge in [0.15, 0.2) is 11.3 Å². The first-order chi connectivity index (χ1) is 7.40. The summed E-state index contributed by atoms with van der Waals surface area (Å²) in [6.45, 7) is 0. The summed E-state index contributed by atoms with van der Waals surface area (Å²) in [5, 5.41) is 0.914. The summed E-state index contributed by atoms with van der Waals surface area (Å²) in [5.41, 5.74) is 2.89. The van der Waals surface area contributed by atoms with Crippen LogP contribution in [0.3, 0.4) is 0 Å². The summed E-state index contributed by atoms with van der Waals surface area (Å²) in [4.78, 5) is 19.0. The minimum Gasteiger partial charge on any atom is -0.245 e. The Balaban J connectivity index is 2.53. The second-order valence-corrected chi connectivity index (χ2v) is 3.29. The Bertz CT molecular complexity index is 685. The van der Waals surface area contributed by atoms with Gasteiger partial charge in [0.05, 0.1) is 5.69 Å². The molecule has 0 fully saturated rings. The van der Waals surface area contributed by atoms with Crippen molar-refractivity contribution < 1.29 is 4.79 Å². The molecule has 15 heavy (non-hydrogen) atoms. The highest BCUT2D eigenvalue weighted by molar-refractivity contribution is 5.79. The van der Waals surface area contributed by atoms with Crippen LogP contribution in [-0.4, -0.2) is 10.9 Å². The SMILES string of the molecule is O=C=c1nccc2c1=Nc1ccccc1-2. The van der Waals surface area contributed by atoms with Crippen molar-refractivity contribution in [2.75, 3.05) is 0 Å². The van der Waals surface area contributed by atoms with E-state index in [1.807, 2.05) is 36.3 Å². The van der Waals surface area contributed by atoms with Crippen LogP contribution in [-0.2, 0) is 4.79 Å². The van der Waals surface area contributed by atoms with Gasteiger partial charge in [-0.3, -0.25) is 0 Å². The van der Waals surface area contributed by atoms with Crippen LogP contribution in [0.5, 0.6) is 0 Å². The zero-order chi connectivity index (χ0) is 10.3. The van der Waals surface area contributed by atoms with Crippen LogP contribution in [0, 0.1) is 0 Å². The third kappa shape index (κ3) is 1.04. The Morgan fingerprint density at radius 1 is 1.07 bits per heavy atom. The van der Waals surface area contributed by atoms with Gasteiger partial charge in [0.2, 0.25) is 0 Å². The van der Waals surface area contributed by atoms with Crippen LogP contribution in [0.2, 0.25) is 0 Å². The number of carbonyl (C=O) groups excluding carboxylic acids is 1. The number of rotatable bonds is 0. The molecule has 1 aliphatic heterocycles. The second kappa shape index (κ2) is 2.87. The first-order valence-corrected chi connectivity index (χ1v) is 4.58. The molecular formula is C12H6N2O. The molecule has 0 radical (unpaired) electrons. The molecule has 1 aromatic heterocycles. The molecular weight excluding hydrogens is 188 g/mol. The zero-order valence-corrected chi connectivity index (χ0v) is 7.77. The zero-order valence-electron chi connectivity index (χ0n) is 7.77.